The highest BCUT2D eigenvalue weighted by atomic mass is 32.2. The Kier molecular flexibility index (Phi) is 7.30. The van der Waals surface area contributed by atoms with Crippen LogP contribution in [-0.4, -0.2) is 50.8 Å². The quantitative estimate of drug-likeness (QED) is 0.517. The Balaban J connectivity index is 1.37. The second kappa shape index (κ2) is 10.4. The minimum Gasteiger partial charge on any atom is -0.497 e. The number of hydrogen-bond acceptors (Lipinski definition) is 6. The molecule has 0 bridgehead atoms. The van der Waals surface area contributed by atoms with Crippen LogP contribution in [0.15, 0.2) is 70.9 Å². The summed E-state index contributed by atoms with van der Waals surface area (Å²) in [6.45, 7) is 0.603. The van der Waals surface area contributed by atoms with E-state index in [1.165, 1.54) is 34.9 Å². The lowest BCUT2D eigenvalue weighted by Gasteiger charge is -2.31. The summed E-state index contributed by atoms with van der Waals surface area (Å²) in [5.74, 6) is 0.0121. The van der Waals surface area contributed by atoms with E-state index in [0.29, 0.717) is 47.8 Å². The molecule has 1 aromatic heterocycles. The number of methoxy groups -OCH3 is 1. The molecule has 1 fully saturated rings. The first-order chi connectivity index (χ1) is 16.4. The van der Waals surface area contributed by atoms with Gasteiger partial charge in [-0.1, -0.05) is 18.2 Å². The number of para-hydroxylation sites is 1. The summed E-state index contributed by atoms with van der Waals surface area (Å²) in [6.07, 6.45) is 0.982. The Hall–Kier alpha value is -3.21. The zero-order valence-electron chi connectivity index (χ0n) is 18.6. The lowest BCUT2D eigenvalue weighted by Crippen LogP contribution is -2.46. The molecule has 4 rings (SSSR count). The first-order valence-corrected chi connectivity index (χ1v) is 13.1. The second-order valence-corrected chi connectivity index (χ2v) is 10.7. The SMILES string of the molecule is COc1ccc(S(=O)(=O)N2CCC(NC(=O)c3ccccc3NC(=O)c3cccs3)CC2)cc1. The summed E-state index contributed by atoms with van der Waals surface area (Å²) in [4.78, 5) is 26.1. The summed E-state index contributed by atoms with van der Waals surface area (Å²) in [7, 11) is -2.09. The van der Waals surface area contributed by atoms with Crippen molar-refractivity contribution >= 4 is 38.9 Å². The molecule has 8 nitrogen and oxygen atoms in total. The van der Waals surface area contributed by atoms with Gasteiger partial charge in [-0.25, -0.2) is 8.42 Å². The summed E-state index contributed by atoms with van der Waals surface area (Å²) < 4.78 is 32.4. The first kappa shape index (κ1) is 23.9. The van der Waals surface area contributed by atoms with E-state index in [2.05, 4.69) is 10.6 Å². The van der Waals surface area contributed by atoms with Gasteiger partial charge in [0, 0.05) is 19.1 Å². The Morgan fingerprint density at radius 1 is 0.971 bits per heavy atom. The molecule has 34 heavy (non-hydrogen) atoms. The Labute approximate surface area is 202 Å². The molecule has 1 saturated heterocycles. The number of anilines is 1. The third kappa shape index (κ3) is 5.30. The van der Waals surface area contributed by atoms with E-state index in [-0.39, 0.29) is 22.8 Å². The van der Waals surface area contributed by atoms with E-state index in [4.69, 9.17) is 4.74 Å². The van der Waals surface area contributed by atoms with Crippen molar-refractivity contribution in [2.45, 2.75) is 23.8 Å². The number of carbonyl (C=O) groups is 2. The third-order valence-corrected chi connectivity index (χ3v) is 8.43. The number of piperidine rings is 1. The highest BCUT2D eigenvalue weighted by molar-refractivity contribution is 7.89. The van der Waals surface area contributed by atoms with Crippen molar-refractivity contribution in [3.8, 4) is 5.75 Å². The van der Waals surface area contributed by atoms with Crippen LogP contribution in [0.5, 0.6) is 5.75 Å². The molecule has 0 radical (unpaired) electrons. The molecule has 0 unspecified atom stereocenters. The average molecular weight is 500 g/mol. The highest BCUT2D eigenvalue weighted by Gasteiger charge is 2.30. The van der Waals surface area contributed by atoms with Gasteiger partial charge in [0.2, 0.25) is 10.0 Å². The molecule has 10 heteroatoms. The average Bonchev–Trinajstić information content (AvgIpc) is 3.40. The smallest absolute Gasteiger partial charge is 0.265 e. The summed E-state index contributed by atoms with van der Waals surface area (Å²) >= 11 is 1.32. The van der Waals surface area contributed by atoms with E-state index in [1.807, 2.05) is 5.38 Å². The van der Waals surface area contributed by atoms with E-state index in [9.17, 15) is 18.0 Å². The molecule has 2 heterocycles. The lowest BCUT2D eigenvalue weighted by molar-refractivity contribution is 0.0924. The van der Waals surface area contributed by atoms with Gasteiger partial charge in [-0.3, -0.25) is 9.59 Å². The number of ether oxygens (including phenoxy) is 1. The van der Waals surface area contributed by atoms with Gasteiger partial charge in [-0.05, 0) is 60.7 Å². The maximum absolute atomic E-state index is 13.0. The van der Waals surface area contributed by atoms with E-state index in [0.717, 1.165) is 0 Å². The summed E-state index contributed by atoms with van der Waals surface area (Å²) in [6, 6.07) is 16.5. The maximum atomic E-state index is 13.0. The fourth-order valence-corrected chi connectivity index (χ4v) is 5.87. The van der Waals surface area contributed by atoms with Gasteiger partial charge in [0.1, 0.15) is 5.75 Å². The molecule has 0 saturated carbocycles. The highest BCUT2D eigenvalue weighted by Crippen LogP contribution is 2.24. The minimum absolute atomic E-state index is 0.170. The van der Waals surface area contributed by atoms with Gasteiger partial charge in [-0.15, -0.1) is 11.3 Å². The van der Waals surface area contributed by atoms with Crippen LogP contribution in [-0.2, 0) is 10.0 Å². The van der Waals surface area contributed by atoms with Gasteiger partial charge in [0.25, 0.3) is 11.8 Å². The Bertz CT molecular complexity index is 1250. The maximum Gasteiger partial charge on any atom is 0.265 e. The third-order valence-electron chi connectivity index (χ3n) is 5.65. The van der Waals surface area contributed by atoms with E-state index in [1.54, 1.807) is 48.5 Å². The van der Waals surface area contributed by atoms with Crippen molar-refractivity contribution in [2.75, 3.05) is 25.5 Å². The number of sulfonamides is 1. The van der Waals surface area contributed by atoms with Crippen molar-refractivity contribution in [3.63, 3.8) is 0 Å². The molecule has 2 amide bonds. The molecule has 1 aliphatic heterocycles. The van der Waals surface area contributed by atoms with Crippen molar-refractivity contribution in [2.24, 2.45) is 0 Å². The van der Waals surface area contributed by atoms with Gasteiger partial charge in [-0.2, -0.15) is 4.31 Å². The van der Waals surface area contributed by atoms with Crippen LogP contribution in [0.4, 0.5) is 5.69 Å². The second-order valence-electron chi connectivity index (χ2n) is 7.80. The normalized spacial score (nSPS) is 15.0. The predicted octanol–water partition coefficient (Wildman–Crippen LogP) is 3.59. The molecule has 0 aliphatic carbocycles. The monoisotopic (exact) mass is 499 g/mol. The number of benzene rings is 2. The van der Waals surface area contributed by atoms with E-state index >= 15 is 0 Å². The Morgan fingerprint density at radius 2 is 1.68 bits per heavy atom. The standard InChI is InChI=1S/C24H25N3O5S2/c1-32-18-8-10-19(11-9-18)34(30,31)27-14-12-17(13-15-27)25-23(28)20-5-2-3-6-21(20)26-24(29)22-7-4-16-33-22/h2-11,16-17H,12-15H2,1H3,(H,25,28)(H,26,29). The summed E-state index contributed by atoms with van der Waals surface area (Å²) in [5, 5.41) is 7.60. The largest absolute Gasteiger partial charge is 0.497 e. The number of amides is 2. The van der Waals surface area contributed by atoms with Gasteiger partial charge >= 0.3 is 0 Å². The van der Waals surface area contributed by atoms with Crippen LogP contribution in [0.2, 0.25) is 0 Å². The van der Waals surface area contributed by atoms with Crippen LogP contribution >= 0.6 is 11.3 Å². The molecule has 178 valence electrons. The molecule has 0 atom stereocenters. The minimum atomic E-state index is -3.61. The molecule has 2 N–H and O–H groups in total. The topological polar surface area (TPSA) is 105 Å². The molecule has 0 spiro atoms. The number of hydrogen-bond donors (Lipinski definition) is 2. The zero-order chi connectivity index (χ0) is 24.1. The zero-order valence-corrected chi connectivity index (χ0v) is 20.2. The van der Waals surface area contributed by atoms with Crippen LogP contribution in [0.25, 0.3) is 0 Å². The predicted molar refractivity (Wildman–Crippen MR) is 131 cm³/mol. The molecule has 1 aliphatic rings. The molecular formula is C24H25N3O5S2. The van der Waals surface area contributed by atoms with Gasteiger partial charge < -0.3 is 15.4 Å². The van der Waals surface area contributed by atoms with Crippen LogP contribution < -0.4 is 15.4 Å². The number of carbonyl (C=O) groups excluding carboxylic acids is 2. The van der Waals surface area contributed by atoms with Crippen LogP contribution in [0.3, 0.4) is 0 Å². The fraction of sp³-hybridized carbons (Fsp3) is 0.250. The van der Waals surface area contributed by atoms with Crippen LogP contribution in [0, 0.1) is 0 Å². The van der Waals surface area contributed by atoms with Gasteiger partial charge in [0.05, 0.1) is 28.1 Å². The number of thiophene rings is 1. The fourth-order valence-electron chi connectivity index (χ4n) is 3.78. The van der Waals surface area contributed by atoms with Gasteiger partial charge in [0.15, 0.2) is 0 Å². The molecule has 3 aromatic rings. The number of rotatable bonds is 7. The molecular weight excluding hydrogens is 474 g/mol. The van der Waals surface area contributed by atoms with Crippen molar-refractivity contribution < 1.29 is 22.7 Å². The van der Waals surface area contributed by atoms with E-state index < -0.39 is 10.0 Å². The van der Waals surface area contributed by atoms with Crippen molar-refractivity contribution in [1.82, 2.24) is 9.62 Å². The van der Waals surface area contributed by atoms with Crippen molar-refractivity contribution in [1.29, 1.82) is 0 Å². The number of nitrogens with one attached hydrogen (secondary N) is 2. The van der Waals surface area contributed by atoms with Crippen LogP contribution in [0.1, 0.15) is 32.9 Å². The Morgan fingerprint density at radius 3 is 2.32 bits per heavy atom. The summed E-state index contributed by atoms with van der Waals surface area (Å²) in [5.41, 5.74) is 0.790. The van der Waals surface area contributed by atoms with Crippen molar-refractivity contribution in [3.05, 3.63) is 76.5 Å². The lowest BCUT2D eigenvalue weighted by atomic mass is 10.1. The first-order valence-electron chi connectivity index (χ1n) is 10.8. The number of nitrogens with zero attached hydrogens (tertiary/aromatic N) is 1. The molecule has 2 aromatic carbocycles.